The van der Waals surface area contributed by atoms with Gasteiger partial charge in [0.1, 0.15) is 0 Å². The summed E-state index contributed by atoms with van der Waals surface area (Å²) >= 11 is 1.44. The van der Waals surface area contributed by atoms with Crippen LogP contribution in [0.25, 0.3) is 11.4 Å². The van der Waals surface area contributed by atoms with E-state index in [1.165, 1.54) is 23.5 Å². The number of halogens is 3. The van der Waals surface area contributed by atoms with Crippen LogP contribution in [0.4, 0.5) is 19.9 Å². The summed E-state index contributed by atoms with van der Waals surface area (Å²) in [5.74, 6) is 0.279. The summed E-state index contributed by atoms with van der Waals surface area (Å²) in [5.41, 5.74) is 7.29. The normalized spacial score (nSPS) is 20.8. The number of hydrogen-bond donors (Lipinski definition) is 1. The van der Waals surface area contributed by atoms with Crippen molar-refractivity contribution in [2.24, 2.45) is 0 Å². The number of rotatable bonds is 3. The van der Waals surface area contributed by atoms with Crippen molar-refractivity contribution in [2.45, 2.75) is 24.9 Å². The number of fused-ring (bicyclic) bond motifs is 4. The fraction of sp³-hybridized carbons (Fsp3) is 0.353. The van der Waals surface area contributed by atoms with E-state index in [1.54, 1.807) is 12.1 Å². The summed E-state index contributed by atoms with van der Waals surface area (Å²) < 4.78 is 37.1. The first kappa shape index (κ1) is 19.0. The number of nitrogens with two attached hydrogens (primary N) is 1. The number of morpholine rings is 1. The van der Waals surface area contributed by atoms with Crippen molar-refractivity contribution in [3.05, 3.63) is 40.4 Å². The Morgan fingerprint density at radius 1 is 1.25 bits per heavy atom. The lowest BCUT2D eigenvalue weighted by atomic mass is 9.97. The van der Waals surface area contributed by atoms with Crippen LogP contribution < -0.4 is 10.6 Å². The van der Waals surface area contributed by atoms with Crippen LogP contribution in [0.1, 0.15) is 28.6 Å². The molecule has 0 spiro atoms. The van der Waals surface area contributed by atoms with Gasteiger partial charge in [-0.2, -0.15) is 4.98 Å². The van der Waals surface area contributed by atoms with Crippen LogP contribution in [0.3, 0.4) is 0 Å². The molecule has 2 aliphatic rings. The fourth-order valence-electron chi connectivity index (χ4n) is 3.64. The highest BCUT2D eigenvalue weighted by Gasteiger charge is 2.42. The van der Waals surface area contributed by atoms with Crippen molar-refractivity contribution in [3.63, 3.8) is 0 Å². The minimum atomic E-state index is -2.55. The fourth-order valence-corrected chi connectivity index (χ4v) is 4.59. The van der Waals surface area contributed by atoms with Gasteiger partial charge in [0.25, 0.3) is 6.43 Å². The van der Waals surface area contributed by atoms with Gasteiger partial charge in [-0.05, 0) is 6.07 Å². The van der Waals surface area contributed by atoms with Crippen LogP contribution >= 0.6 is 23.7 Å². The maximum absolute atomic E-state index is 13.0. The van der Waals surface area contributed by atoms with Crippen LogP contribution in [0, 0.1) is 0 Å². The first-order valence-electron chi connectivity index (χ1n) is 8.43. The van der Waals surface area contributed by atoms with E-state index in [-0.39, 0.29) is 35.9 Å². The molecule has 148 valence electrons. The second-order valence-electron chi connectivity index (χ2n) is 6.51. The minimum absolute atomic E-state index is 0. The van der Waals surface area contributed by atoms with E-state index in [1.807, 2.05) is 4.90 Å². The molecule has 2 N–H and O–H groups in total. The van der Waals surface area contributed by atoms with Crippen molar-refractivity contribution in [3.8, 4) is 11.4 Å². The number of hydrogen-bond acceptors (Lipinski definition) is 8. The largest absolute Gasteiger partial charge is 0.377 e. The van der Waals surface area contributed by atoms with Crippen LogP contribution in [0.5, 0.6) is 0 Å². The molecule has 2 unspecified atom stereocenters. The number of ether oxygens (including phenoxy) is 1. The molecular formula is C17H16ClF2N5O2S. The van der Waals surface area contributed by atoms with Gasteiger partial charge < -0.3 is 19.9 Å². The molecule has 0 saturated carbocycles. The number of nitrogens with zero attached hydrogens (tertiary/aromatic N) is 4. The second-order valence-corrected chi connectivity index (χ2v) is 7.57. The lowest BCUT2D eigenvalue weighted by Crippen LogP contribution is -2.51. The van der Waals surface area contributed by atoms with E-state index in [4.69, 9.17) is 15.0 Å². The molecule has 11 heteroatoms. The van der Waals surface area contributed by atoms with E-state index in [2.05, 4.69) is 15.1 Å². The molecule has 3 aromatic rings. The Balaban J connectivity index is 0.00000192. The van der Waals surface area contributed by atoms with Crippen molar-refractivity contribution >= 4 is 34.9 Å². The first-order chi connectivity index (χ1) is 13.1. The minimum Gasteiger partial charge on any atom is -0.377 e. The molecule has 2 atom stereocenters. The van der Waals surface area contributed by atoms with Crippen LogP contribution in [0.2, 0.25) is 0 Å². The van der Waals surface area contributed by atoms with Crippen molar-refractivity contribution in [2.75, 3.05) is 23.8 Å². The Kier molecular flexibility index (Phi) is 4.94. The monoisotopic (exact) mass is 427 g/mol. The van der Waals surface area contributed by atoms with Gasteiger partial charge >= 0.3 is 6.01 Å². The average Bonchev–Trinajstić information content (AvgIpc) is 3.28. The number of benzene rings is 1. The lowest BCUT2D eigenvalue weighted by Gasteiger charge is -2.43. The molecule has 2 aliphatic heterocycles. The maximum atomic E-state index is 13.0. The van der Waals surface area contributed by atoms with E-state index in [9.17, 15) is 8.78 Å². The number of alkyl halides is 2. The molecule has 2 bridgehead atoms. The van der Waals surface area contributed by atoms with Crippen molar-refractivity contribution < 1.29 is 18.0 Å². The number of aromatic nitrogens is 3. The highest BCUT2D eigenvalue weighted by atomic mass is 35.5. The predicted octanol–water partition coefficient (Wildman–Crippen LogP) is 3.64. The Morgan fingerprint density at radius 2 is 2.11 bits per heavy atom. The molecule has 0 radical (unpaired) electrons. The molecule has 4 heterocycles. The zero-order valence-corrected chi connectivity index (χ0v) is 16.1. The van der Waals surface area contributed by atoms with Gasteiger partial charge in [-0.25, -0.2) is 13.8 Å². The zero-order chi connectivity index (χ0) is 18.5. The number of nitrogen functional groups attached to an aromatic ring is 1. The average molecular weight is 428 g/mol. The van der Waals surface area contributed by atoms with Crippen LogP contribution in [-0.4, -0.2) is 34.4 Å². The summed E-state index contributed by atoms with van der Waals surface area (Å²) in [5, 5.41) is 4.53. The van der Waals surface area contributed by atoms with Crippen LogP contribution in [0.15, 0.2) is 28.8 Å². The maximum Gasteiger partial charge on any atom is 0.325 e. The quantitative estimate of drug-likeness (QED) is 0.682. The Bertz CT molecular complexity index is 998. The predicted molar refractivity (Wildman–Crippen MR) is 102 cm³/mol. The number of anilines is 2. The summed E-state index contributed by atoms with van der Waals surface area (Å²) in [7, 11) is 0. The molecule has 0 aliphatic carbocycles. The van der Waals surface area contributed by atoms with E-state index < -0.39 is 6.43 Å². The first-order valence-corrected chi connectivity index (χ1v) is 9.25. The van der Waals surface area contributed by atoms with Gasteiger partial charge in [0.15, 0.2) is 5.13 Å². The molecule has 7 nitrogen and oxygen atoms in total. The van der Waals surface area contributed by atoms with E-state index in [0.29, 0.717) is 36.3 Å². The molecule has 0 amide bonds. The summed E-state index contributed by atoms with van der Waals surface area (Å²) in [4.78, 5) is 12.0. The smallest absolute Gasteiger partial charge is 0.325 e. The molecule has 28 heavy (non-hydrogen) atoms. The summed E-state index contributed by atoms with van der Waals surface area (Å²) in [6, 6.07) is 6.26. The van der Waals surface area contributed by atoms with Gasteiger partial charge in [-0.15, -0.1) is 12.4 Å². The standard InChI is InChI=1S/C17H15F2N5O2S.ClH/c18-14(19)8-2-1-3-9(4-8)15-22-17(26-23-15)24-10-5-11-13(27-16(20)21-11)12(24)7-25-6-10;/h1-4,10,12,14H,5-7H2,(H2,20,21);1H. The van der Waals surface area contributed by atoms with Gasteiger partial charge in [0, 0.05) is 17.5 Å². The van der Waals surface area contributed by atoms with E-state index in [0.717, 1.165) is 10.6 Å². The third-order valence-corrected chi connectivity index (χ3v) is 5.85. The van der Waals surface area contributed by atoms with Gasteiger partial charge in [0.2, 0.25) is 5.82 Å². The molecule has 2 aromatic heterocycles. The SMILES string of the molecule is Cl.Nc1nc2c(s1)C1COCC(C2)N1c1nc(-c2cccc(C(F)F)c2)no1. The zero-order valence-electron chi connectivity index (χ0n) is 14.4. The third-order valence-electron chi connectivity index (χ3n) is 4.82. The van der Waals surface area contributed by atoms with E-state index >= 15 is 0 Å². The highest BCUT2D eigenvalue weighted by Crippen LogP contribution is 2.42. The van der Waals surface area contributed by atoms with Gasteiger partial charge in [0.05, 0.1) is 35.9 Å². The Labute approximate surface area is 168 Å². The molecular weight excluding hydrogens is 412 g/mol. The molecule has 1 aromatic carbocycles. The third kappa shape index (κ3) is 3.11. The molecule has 1 saturated heterocycles. The second kappa shape index (κ2) is 7.26. The summed E-state index contributed by atoms with van der Waals surface area (Å²) in [6.45, 7) is 0.996. The van der Waals surface area contributed by atoms with Gasteiger partial charge in [-0.1, -0.05) is 34.7 Å². The topological polar surface area (TPSA) is 90.3 Å². The van der Waals surface area contributed by atoms with Crippen molar-refractivity contribution in [1.82, 2.24) is 15.1 Å². The van der Waals surface area contributed by atoms with Crippen LogP contribution in [-0.2, 0) is 11.2 Å². The van der Waals surface area contributed by atoms with Crippen molar-refractivity contribution in [1.29, 1.82) is 0 Å². The summed E-state index contributed by atoms with van der Waals surface area (Å²) in [6.07, 6.45) is -1.87. The molecule has 1 fully saturated rings. The Hall–Kier alpha value is -2.30. The highest BCUT2D eigenvalue weighted by molar-refractivity contribution is 7.15. The van der Waals surface area contributed by atoms with Gasteiger partial charge in [-0.3, -0.25) is 0 Å². The lowest BCUT2D eigenvalue weighted by molar-refractivity contribution is 0.0570. The Morgan fingerprint density at radius 3 is 2.93 bits per heavy atom. The number of thiazole rings is 1. The molecule has 5 rings (SSSR count).